The first-order chi connectivity index (χ1) is 8.19. The van der Waals surface area contributed by atoms with E-state index in [0.717, 1.165) is 0 Å². The van der Waals surface area contributed by atoms with E-state index in [0.29, 0.717) is 0 Å². The highest BCUT2D eigenvalue weighted by Crippen LogP contribution is 2.37. The normalized spacial score (nSPS) is 11.5. The number of hydrogen-bond acceptors (Lipinski definition) is 4. The molecule has 0 heterocycles. The van der Waals surface area contributed by atoms with E-state index in [-0.39, 0.29) is 17.1 Å². The second-order valence-corrected chi connectivity index (χ2v) is 3.10. The van der Waals surface area contributed by atoms with E-state index in [4.69, 9.17) is 20.1 Å². The zero-order chi connectivity index (χ0) is 12.8. The molecule has 0 saturated carbocycles. The number of nitrogens with zero attached hydrogens (tertiary/aromatic N) is 3. The van der Waals surface area contributed by atoms with Gasteiger partial charge in [0.25, 0.3) is 0 Å². The van der Waals surface area contributed by atoms with Crippen LogP contribution in [-0.2, 0) is 0 Å². The van der Waals surface area contributed by atoms with Crippen molar-refractivity contribution < 1.29 is 19.0 Å². The van der Waals surface area contributed by atoms with Gasteiger partial charge in [-0.2, -0.15) is 0 Å². The van der Waals surface area contributed by atoms with Crippen LogP contribution < -0.4 is 9.47 Å². The summed E-state index contributed by atoms with van der Waals surface area (Å²) in [5, 5.41) is 12.5. The SMILES string of the molecule is COc1ccc(F)c(OC)c1C(CO)N=[N+]=[N-]. The molecule has 1 atom stereocenters. The van der Waals surface area contributed by atoms with Gasteiger partial charge in [0.05, 0.1) is 32.4 Å². The van der Waals surface area contributed by atoms with Gasteiger partial charge in [-0.3, -0.25) is 0 Å². The minimum atomic E-state index is -0.958. The Morgan fingerprint density at radius 3 is 2.65 bits per heavy atom. The zero-order valence-electron chi connectivity index (χ0n) is 9.42. The molecule has 0 aliphatic heterocycles. The molecule has 17 heavy (non-hydrogen) atoms. The quantitative estimate of drug-likeness (QED) is 0.487. The topological polar surface area (TPSA) is 87.5 Å². The van der Waals surface area contributed by atoms with Crippen LogP contribution in [0.2, 0.25) is 0 Å². The van der Waals surface area contributed by atoms with Gasteiger partial charge >= 0.3 is 0 Å². The van der Waals surface area contributed by atoms with Gasteiger partial charge in [-0.25, -0.2) is 4.39 Å². The monoisotopic (exact) mass is 241 g/mol. The Hall–Kier alpha value is -1.98. The molecule has 0 amide bonds. The lowest BCUT2D eigenvalue weighted by Crippen LogP contribution is -2.07. The van der Waals surface area contributed by atoms with Crippen LogP contribution in [0.1, 0.15) is 11.6 Å². The molecule has 0 bridgehead atoms. The lowest BCUT2D eigenvalue weighted by molar-refractivity contribution is 0.259. The third kappa shape index (κ3) is 2.58. The van der Waals surface area contributed by atoms with Gasteiger partial charge in [0.1, 0.15) is 5.75 Å². The maximum Gasteiger partial charge on any atom is 0.165 e. The van der Waals surface area contributed by atoms with Crippen LogP contribution in [0.3, 0.4) is 0 Å². The number of benzene rings is 1. The molecule has 0 spiro atoms. The fourth-order valence-corrected chi connectivity index (χ4v) is 1.50. The van der Waals surface area contributed by atoms with E-state index in [1.807, 2.05) is 0 Å². The van der Waals surface area contributed by atoms with Crippen molar-refractivity contribution in [3.63, 3.8) is 0 Å². The Morgan fingerprint density at radius 2 is 2.18 bits per heavy atom. The van der Waals surface area contributed by atoms with Crippen molar-refractivity contribution in [3.05, 3.63) is 34.0 Å². The number of ether oxygens (including phenoxy) is 2. The van der Waals surface area contributed by atoms with Crippen LogP contribution >= 0.6 is 0 Å². The number of hydrogen-bond donors (Lipinski definition) is 1. The number of aliphatic hydroxyl groups is 1. The zero-order valence-corrected chi connectivity index (χ0v) is 9.42. The molecule has 6 nitrogen and oxygen atoms in total. The molecule has 92 valence electrons. The van der Waals surface area contributed by atoms with Crippen molar-refractivity contribution in [2.45, 2.75) is 6.04 Å². The summed E-state index contributed by atoms with van der Waals surface area (Å²) in [5.41, 5.74) is 8.59. The minimum Gasteiger partial charge on any atom is -0.496 e. The smallest absolute Gasteiger partial charge is 0.165 e. The third-order valence-corrected chi connectivity index (χ3v) is 2.23. The molecular weight excluding hydrogens is 229 g/mol. The van der Waals surface area contributed by atoms with E-state index in [9.17, 15) is 4.39 Å². The summed E-state index contributed by atoms with van der Waals surface area (Å²) in [4.78, 5) is 2.60. The highest BCUT2D eigenvalue weighted by Gasteiger charge is 2.22. The largest absolute Gasteiger partial charge is 0.496 e. The molecule has 7 heteroatoms. The summed E-state index contributed by atoms with van der Waals surface area (Å²) < 4.78 is 23.4. The van der Waals surface area contributed by atoms with Crippen molar-refractivity contribution in [1.29, 1.82) is 0 Å². The molecular formula is C10H12FN3O3. The average molecular weight is 241 g/mol. The number of azide groups is 1. The summed E-state index contributed by atoms with van der Waals surface area (Å²) >= 11 is 0. The summed E-state index contributed by atoms with van der Waals surface area (Å²) in [6.45, 7) is -0.472. The number of methoxy groups -OCH3 is 2. The second kappa shape index (κ2) is 5.93. The van der Waals surface area contributed by atoms with Crippen LogP contribution in [-0.4, -0.2) is 25.9 Å². The Morgan fingerprint density at radius 1 is 1.47 bits per heavy atom. The van der Waals surface area contributed by atoms with E-state index in [1.165, 1.54) is 26.4 Å². The summed E-state index contributed by atoms with van der Waals surface area (Å²) in [7, 11) is 2.67. The van der Waals surface area contributed by atoms with Crippen LogP contribution in [0.4, 0.5) is 4.39 Å². The van der Waals surface area contributed by atoms with Gasteiger partial charge in [-0.05, 0) is 17.7 Å². The molecule has 0 aromatic heterocycles. The van der Waals surface area contributed by atoms with Crippen LogP contribution in [0.25, 0.3) is 10.4 Å². The highest BCUT2D eigenvalue weighted by molar-refractivity contribution is 5.48. The number of rotatable bonds is 5. The molecule has 0 radical (unpaired) electrons. The van der Waals surface area contributed by atoms with Crippen molar-refractivity contribution in [2.75, 3.05) is 20.8 Å². The van der Waals surface area contributed by atoms with Gasteiger partial charge in [-0.1, -0.05) is 5.11 Å². The summed E-state index contributed by atoms with van der Waals surface area (Å²) in [6.07, 6.45) is 0. The van der Waals surface area contributed by atoms with Gasteiger partial charge in [0.2, 0.25) is 0 Å². The summed E-state index contributed by atoms with van der Waals surface area (Å²) in [6, 6.07) is 1.59. The molecule has 0 saturated heterocycles. The van der Waals surface area contributed by atoms with Gasteiger partial charge in [0, 0.05) is 4.91 Å². The Labute approximate surface area is 97.2 Å². The lowest BCUT2D eigenvalue weighted by atomic mass is 10.1. The standard InChI is InChI=1S/C10H12FN3O3/c1-16-8-4-3-6(11)10(17-2)9(8)7(5-15)13-14-12/h3-4,7,15H,5H2,1-2H3. The Bertz CT molecular complexity index is 447. The predicted molar refractivity (Wildman–Crippen MR) is 58.5 cm³/mol. The first kappa shape index (κ1) is 13.1. The van der Waals surface area contributed by atoms with E-state index in [2.05, 4.69) is 10.0 Å². The number of aliphatic hydroxyl groups excluding tert-OH is 1. The van der Waals surface area contributed by atoms with Crippen LogP contribution in [0.15, 0.2) is 17.2 Å². The second-order valence-electron chi connectivity index (χ2n) is 3.10. The van der Waals surface area contributed by atoms with E-state index < -0.39 is 18.5 Å². The Kier molecular flexibility index (Phi) is 4.56. The molecule has 0 fully saturated rings. The predicted octanol–water partition coefficient (Wildman–Crippen LogP) is 2.19. The van der Waals surface area contributed by atoms with Gasteiger partial charge < -0.3 is 14.6 Å². The molecule has 1 aromatic carbocycles. The van der Waals surface area contributed by atoms with E-state index in [1.54, 1.807) is 0 Å². The average Bonchev–Trinajstić information content (AvgIpc) is 2.35. The fourth-order valence-electron chi connectivity index (χ4n) is 1.50. The highest BCUT2D eigenvalue weighted by atomic mass is 19.1. The fraction of sp³-hybridized carbons (Fsp3) is 0.400. The maximum absolute atomic E-state index is 13.5. The third-order valence-electron chi connectivity index (χ3n) is 2.23. The first-order valence-corrected chi connectivity index (χ1v) is 4.75. The molecule has 0 aliphatic carbocycles. The lowest BCUT2D eigenvalue weighted by Gasteiger charge is -2.17. The molecule has 1 aromatic rings. The summed E-state index contributed by atoms with van der Waals surface area (Å²) in [5.74, 6) is -0.430. The van der Waals surface area contributed by atoms with Crippen molar-refractivity contribution in [1.82, 2.24) is 0 Å². The molecule has 0 aliphatic rings. The molecule has 1 unspecified atom stereocenters. The molecule has 1 N–H and O–H groups in total. The Balaban J connectivity index is 3.44. The number of halogens is 1. The maximum atomic E-state index is 13.5. The van der Waals surface area contributed by atoms with Crippen LogP contribution in [0, 0.1) is 5.82 Å². The van der Waals surface area contributed by atoms with Crippen molar-refractivity contribution >= 4 is 0 Å². The van der Waals surface area contributed by atoms with Crippen molar-refractivity contribution in [2.24, 2.45) is 5.11 Å². The first-order valence-electron chi connectivity index (χ1n) is 4.75. The minimum absolute atomic E-state index is 0.101. The van der Waals surface area contributed by atoms with Gasteiger partial charge in [0.15, 0.2) is 11.6 Å². The van der Waals surface area contributed by atoms with E-state index >= 15 is 0 Å². The molecule has 1 rings (SSSR count). The van der Waals surface area contributed by atoms with Crippen LogP contribution in [0.5, 0.6) is 11.5 Å². The van der Waals surface area contributed by atoms with Gasteiger partial charge in [-0.15, -0.1) is 0 Å². The van der Waals surface area contributed by atoms with Crippen molar-refractivity contribution in [3.8, 4) is 11.5 Å².